The fraction of sp³-hybridized carbons (Fsp3) is 0.375. The molecule has 2 aromatic rings. The number of rotatable bonds is 3. The van der Waals surface area contributed by atoms with Crippen LogP contribution in [0.2, 0.25) is 0 Å². The minimum absolute atomic E-state index is 0.0744. The number of fused-ring (bicyclic) bond motifs is 1. The van der Waals surface area contributed by atoms with Crippen LogP contribution in [0.5, 0.6) is 0 Å². The molecular formula is C16H18N2O2S. The summed E-state index contributed by atoms with van der Waals surface area (Å²) in [7, 11) is 0. The number of benzene rings is 1. The van der Waals surface area contributed by atoms with E-state index < -0.39 is 0 Å². The number of piperazine rings is 1. The molecule has 0 aliphatic carbocycles. The maximum atomic E-state index is 12.5. The van der Waals surface area contributed by atoms with Crippen LogP contribution in [0.4, 0.5) is 0 Å². The summed E-state index contributed by atoms with van der Waals surface area (Å²) in [4.78, 5) is 17.4. The molecule has 0 spiro atoms. The summed E-state index contributed by atoms with van der Waals surface area (Å²) in [5.74, 6) is 0.0744. The number of carbonyl (C=O) groups excluding carboxylic acids is 1. The predicted molar refractivity (Wildman–Crippen MR) is 84.7 cm³/mol. The van der Waals surface area contributed by atoms with Crippen molar-refractivity contribution in [1.29, 1.82) is 0 Å². The van der Waals surface area contributed by atoms with E-state index >= 15 is 0 Å². The van der Waals surface area contributed by atoms with Gasteiger partial charge in [-0.2, -0.15) is 0 Å². The fourth-order valence-electron chi connectivity index (χ4n) is 2.70. The van der Waals surface area contributed by atoms with Crippen LogP contribution in [0.25, 0.3) is 10.1 Å². The van der Waals surface area contributed by atoms with Gasteiger partial charge in [-0.3, -0.25) is 9.69 Å². The molecule has 2 heterocycles. The lowest BCUT2D eigenvalue weighted by Gasteiger charge is -2.34. The van der Waals surface area contributed by atoms with Crippen molar-refractivity contribution in [2.45, 2.75) is 0 Å². The zero-order valence-corrected chi connectivity index (χ0v) is 12.6. The van der Waals surface area contributed by atoms with Crippen LogP contribution in [0, 0.1) is 6.92 Å². The van der Waals surface area contributed by atoms with Crippen LogP contribution in [-0.4, -0.2) is 60.1 Å². The van der Waals surface area contributed by atoms with Crippen molar-refractivity contribution in [3.8, 4) is 0 Å². The number of aliphatic hydroxyl groups excluding tert-OH is 1. The Labute approximate surface area is 128 Å². The third kappa shape index (κ3) is 3.10. The van der Waals surface area contributed by atoms with E-state index in [-0.39, 0.29) is 12.5 Å². The first kappa shape index (κ1) is 14.5. The Morgan fingerprint density at radius 1 is 1.24 bits per heavy atom. The van der Waals surface area contributed by atoms with E-state index in [4.69, 9.17) is 12.0 Å². The molecule has 1 N–H and O–H groups in total. The molecule has 1 aromatic heterocycles. The van der Waals surface area contributed by atoms with Gasteiger partial charge >= 0.3 is 0 Å². The van der Waals surface area contributed by atoms with E-state index in [2.05, 4.69) is 4.90 Å². The summed E-state index contributed by atoms with van der Waals surface area (Å²) in [6, 6.07) is 7.67. The van der Waals surface area contributed by atoms with Crippen molar-refractivity contribution in [2.24, 2.45) is 0 Å². The highest BCUT2D eigenvalue weighted by atomic mass is 32.1. The second-order valence-corrected chi connectivity index (χ2v) is 6.37. The molecule has 0 atom stereocenters. The summed E-state index contributed by atoms with van der Waals surface area (Å²) >= 11 is 1.54. The Balaban J connectivity index is 1.72. The number of hydrogen-bond donors (Lipinski definition) is 1. The van der Waals surface area contributed by atoms with E-state index in [1.165, 1.54) is 11.3 Å². The van der Waals surface area contributed by atoms with Crippen molar-refractivity contribution in [3.05, 3.63) is 41.6 Å². The van der Waals surface area contributed by atoms with Crippen molar-refractivity contribution in [1.82, 2.24) is 9.80 Å². The van der Waals surface area contributed by atoms with Gasteiger partial charge in [-0.1, -0.05) is 0 Å². The number of nitrogens with zero attached hydrogens (tertiary/aromatic N) is 2. The van der Waals surface area contributed by atoms with Gasteiger partial charge in [0.25, 0.3) is 5.91 Å². The number of thiophene rings is 1. The minimum Gasteiger partial charge on any atom is -0.395 e. The molecule has 1 aromatic carbocycles. The molecule has 110 valence electrons. The van der Waals surface area contributed by atoms with Gasteiger partial charge in [0.2, 0.25) is 0 Å². The van der Waals surface area contributed by atoms with Gasteiger partial charge in [-0.25, -0.2) is 0 Å². The number of carbonyl (C=O) groups is 1. The molecule has 1 aliphatic heterocycles. The molecule has 3 rings (SSSR count). The van der Waals surface area contributed by atoms with Crippen LogP contribution < -0.4 is 0 Å². The molecule has 1 saturated heterocycles. The first-order valence-electron chi connectivity index (χ1n) is 7.09. The topological polar surface area (TPSA) is 43.8 Å². The molecule has 5 heteroatoms. The molecule has 0 bridgehead atoms. The lowest BCUT2D eigenvalue weighted by atomic mass is 10.1. The van der Waals surface area contributed by atoms with Crippen molar-refractivity contribution in [3.63, 3.8) is 0 Å². The number of aliphatic hydroxyl groups is 1. The Hall–Kier alpha value is -1.43. The van der Waals surface area contributed by atoms with Crippen molar-refractivity contribution >= 4 is 27.3 Å². The Bertz CT molecular complexity index is 645. The van der Waals surface area contributed by atoms with Crippen molar-refractivity contribution in [2.75, 3.05) is 39.3 Å². The summed E-state index contributed by atoms with van der Waals surface area (Å²) in [5, 5.41) is 9.97. The quantitative estimate of drug-likeness (QED) is 0.939. The average Bonchev–Trinajstić information content (AvgIpc) is 2.86. The molecular weight excluding hydrogens is 284 g/mol. The number of amides is 1. The highest BCUT2D eigenvalue weighted by Gasteiger charge is 2.21. The lowest BCUT2D eigenvalue weighted by Crippen LogP contribution is -2.49. The van der Waals surface area contributed by atoms with Crippen LogP contribution in [0.15, 0.2) is 24.3 Å². The van der Waals surface area contributed by atoms with Gasteiger partial charge < -0.3 is 10.0 Å². The first-order valence-corrected chi connectivity index (χ1v) is 7.90. The zero-order chi connectivity index (χ0) is 14.8. The third-order valence-corrected chi connectivity index (χ3v) is 4.80. The van der Waals surface area contributed by atoms with Crippen LogP contribution in [0.1, 0.15) is 15.2 Å². The summed E-state index contributed by atoms with van der Waals surface area (Å²) in [5.41, 5.74) is 0.718. The van der Waals surface area contributed by atoms with Crippen LogP contribution in [-0.2, 0) is 0 Å². The highest BCUT2D eigenvalue weighted by molar-refractivity contribution is 7.19. The van der Waals surface area contributed by atoms with Gasteiger partial charge in [-0.15, -0.1) is 11.3 Å². The molecule has 0 unspecified atom stereocenters. The fourth-order valence-corrected chi connectivity index (χ4v) is 3.51. The normalized spacial score (nSPS) is 16.6. The summed E-state index contributed by atoms with van der Waals surface area (Å²) in [6.07, 6.45) is 0. The third-order valence-electron chi connectivity index (χ3n) is 3.86. The molecule has 2 radical (unpaired) electrons. The largest absolute Gasteiger partial charge is 0.395 e. The SMILES string of the molecule is [CH]c1cc2cc(C(=O)N3CCN(CCO)CC3)ccc2s1. The van der Waals surface area contributed by atoms with Crippen molar-refractivity contribution < 1.29 is 9.90 Å². The molecule has 4 nitrogen and oxygen atoms in total. The maximum Gasteiger partial charge on any atom is 0.253 e. The van der Waals surface area contributed by atoms with Gasteiger partial charge in [0.1, 0.15) is 0 Å². The lowest BCUT2D eigenvalue weighted by molar-refractivity contribution is 0.0615. The Morgan fingerprint density at radius 2 is 2.00 bits per heavy atom. The second-order valence-electron chi connectivity index (χ2n) is 5.26. The van der Waals surface area contributed by atoms with Gasteiger partial charge in [-0.05, 0) is 29.7 Å². The molecule has 21 heavy (non-hydrogen) atoms. The maximum absolute atomic E-state index is 12.5. The number of β-amino-alcohol motifs (C(OH)–C–C–N with tert-alkyl or cyclic N) is 1. The summed E-state index contributed by atoms with van der Waals surface area (Å²) < 4.78 is 1.11. The minimum atomic E-state index is 0.0744. The van der Waals surface area contributed by atoms with Gasteiger partial charge in [0, 0.05) is 54.8 Å². The van der Waals surface area contributed by atoms with Gasteiger partial charge in [0.05, 0.1) is 6.61 Å². The zero-order valence-electron chi connectivity index (χ0n) is 11.8. The van der Waals surface area contributed by atoms with E-state index in [0.29, 0.717) is 19.6 Å². The molecule has 1 amide bonds. The van der Waals surface area contributed by atoms with E-state index in [1.807, 2.05) is 29.2 Å². The first-order chi connectivity index (χ1) is 10.2. The van der Waals surface area contributed by atoms with Gasteiger partial charge in [0.15, 0.2) is 0 Å². The van der Waals surface area contributed by atoms with E-state index in [0.717, 1.165) is 33.6 Å². The van der Waals surface area contributed by atoms with E-state index in [9.17, 15) is 4.79 Å². The second kappa shape index (κ2) is 6.13. The molecule has 1 aliphatic rings. The number of hydrogen-bond acceptors (Lipinski definition) is 4. The predicted octanol–water partition coefficient (Wildman–Crippen LogP) is 1.71. The molecule has 1 fully saturated rings. The Kier molecular flexibility index (Phi) is 4.24. The monoisotopic (exact) mass is 302 g/mol. The molecule has 0 saturated carbocycles. The van der Waals surface area contributed by atoms with Crippen LogP contribution in [0.3, 0.4) is 0 Å². The smallest absolute Gasteiger partial charge is 0.253 e. The summed E-state index contributed by atoms with van der Waals surface area (Å²) in [6.45, 7) is 9.71. The standard InChI is InChI=1S/C16H18N2O2S/c1-12-10-14-11-13(2-3-15(14)21-12)16(20)18-6-4-17(5-7-18)8-9-19/h1-3,10-11,19H,4-9H2. The van der Waals surface area contributed by atoms with E-state index in [1.54, 1.807) is 0 Å². The average molecular weight is 302 g/mol. The Morgan fingerprint density at radius 3 is 2.71 bits per heavy atom. The highest BCUT2D eigenvalue weighted by Crippen LogP contribution is 2.26. The van der Waals surface area contributed by atoms with Crippen LogP contribution >= 0.6 is 11.3 Å².